The third-order valence-corrected chi connectivity index (χ3v) is 4.61. The number of benzene rings is 2. The molecule has 1 aromatic heterocycles. The molecule has 7 heteroatoms. The van der Waals surface area contributed by atoms with E-state index >= 15 is 0 Å². The first-order chi connectivity index (χ1) is 11.7. The molecule has 0 saturated heterocycles. The molecule has 0 radical (unpaired) electrons. The molecule has 0 fully saturated rings. The number of hydrogen-bond donors (Lipinski definition) is 1. The van der Waals surface area contributed by atoms with E-state index in [4.69, 9.17) is 10.5 Å². The van der Waals surface area contributed by atoms with Gasteiger partial charge in [-0.3, -0.25) is 4.98 Å². The number of thioether (sulfide) groups is 1. The first kappa shape index (κ1) is 14.9. The van der Waals surface area contributed by atoms with E-state index < -0.39 is 0 Å². The van der Waals surface area contributed by atoms with Crippen molar-refractivity contribution in [2.45, 2.75) is 10.4 Å². The third-order valence-electron chi connectivity index (χ3n) is 3.56. The normalized spacial score (nSPS) is 16.1. The van der Waals surface area contributed by atoms with E-state index in [0.29, 0.717) is 11.6 Å². The van der Waals surface area contributed by atoms with Crippen LogP contribution in [0.5, 0.6) is 11.6 Å². The molecule has 0 saturated carbocycles. The minimum absolute atomic E-state index is 0.281. The number of aromatic nitrogens is 2. The van der Waals surface area contributed by atoms with Gasteiger partial charge in [-0.25, -0.2) is 9.37 Å². The molecule has 2 heterocycles. The summed E-state index contributed by atoms with van der Waals surface area (Å²) in [5, 5.41) is 0. The maximum atomic E-state index is 13.6. The molecule has 1 aliphatic rings. The minimum Gasteiger partial charge on any atom is -0.438 e. The van der Waals surface area contributed by atoms with Crippen LogP contribution in [0.3, 0.4) is 0 Å². The fourth-order valence-electron chi connectivity index (χ4n) is 2.52. The topological polar surface area (TPSA) is 64.3 Å². The molecule has 4 rings (SSSR count). The molecule has 5 nitrogen and oxygen atoms in total. The van der Waals surface area contributed by atoms with E-state index in [1.165, 1.54) is 23.9 Å². The van der Waals surface area contributed by atoms with Gasteiger partial charge in [0.1, 0.15) is 17.1 Å². The number of hydrogen-bond acceptors (Lipinski definition) is 6. The number of fused-ring (bicyclic) bond motifs is 1. The monoisotopic (exact) mass is 340 g/mol. The number of rotatable bonds is 3. The number of ether oxygens (including phenoxy) is 1. The van der Waals surface area contributed by atoms with Gasteiger partial charge in [0.05, 0.1) is 11.9 Å². The van der Waals surface area contributed by atoms with E-state index in [2.05, 4.69) is 9.97 Å². The number of halogens is 1. The summed E-state index contributed by atoms with van der Waals surface area (Å²) < 4.78 is 19.2. The average Bonchev–Trinajstić information content (AvgIpc) is 2.92. The van der Waals surface area contributed by atoms with Crippen LogP contribution in [0.1, 0.15) is 0 Å². The van der Waals surface area contributed by atoms with Crippen molar-refractivity contribution in [1.82, 2.24) is 9.97 Å². The van der Waals surface area contributed by atoms with Crippen molar-refractivity contribution in [1.29, 1.82) is 0 Å². The molecule has 3 aromatic rings. The van der Waals surface area contributed by atoms with Gasteiger partial charge >= 0.3 is 0 Å². The smallest absolute Gasteiger partial charge is 0.237 e. The Balaban J connectivity index is 1.61. The maximum Gasteiger partial charge on any atom is 0.237 e. The standard InChI is InChI=1S/C17H13FN4OS/c18-11-1-6-15-14(9-11)22(17(19)24-15)12-2-4-13(5-3-12)23-16-10-20-7-8-21-16/h1-10,17H,19H2. The summed E-state index contributed by atoms with van der Waals surface area (Å²) in [7, 11) is 0. The van der Waals surface area contributed by atoms with E-state index in [-0.39, 0.29) is 11.3 Å². The second kappa shape index (κ2) is 6.10. The largest absolute Gasteiger partial charge is 0.438 e. The second-order valence-corrected chi connectivity index (χ2v) is 6.29. The molecule has 0 amide bonds. The second-order valence-electron chi connectivity index (χ2n) is 5.13. The lowest BCUT2D eigenvalue weighted by molar-refractivity contribution is 0.460. The summed E-state index contributed by atoms with van der Waals surface area (Å²) in [5.74, 6) is 0.779. The molecule has 1 atom stereocenters. The zero-order chi connectivity index (χ0) is 16.5. The van der Waals surface area contributed by atoms with E-state index in [1.54, 1.807) is 24.7 Å². The zero-order valence-electron chi connectivity index (χ0n) is 12.5. The third kappa shape index (κ3) is 2.79. The summed E-state index contributed by atoms with van der Waals surface area (Å²) >= 11 is 1.50. The van der Waals surface area contributed by atoms with Crippen molar-refractivity contribution >= 4 is 23.1 Å². The lowest BCUT2D eigenvalue weighted by Crippen LogP contribution is -2.31. The van der Waals surface area contributed by atoms with Crippen LogP contribution in [0.15, 0.2) is 66.0 Å². The average molecular weight is 340 g/mol. The van der Waals surface area contributed by atoms with E-state index in [1.807, 2.05) is 29.2 Å². The molecule has 1 unspecified atom stereocenters. The van der Waals surface area contributed by atoms with Crippen molar-refractivity contribution < 1.29 is 9.13 Å². The van der Waals surface area contributed by atoms with Crippen LogP contribution in [0.2, 0.25) is 0 Å². The number of nitrogens with zero attached hydrogens (tertiary/aromatic N) is 3. The van der Waals surface area contributed by atoms with E-state index in [9.17, 15) is 4.39 Å². The Morgan fingerprint density at radius 3 is 2.71 bits per heavy atom. The maximum absolute atomic E-state index is 13.6. The first-order valence-corrected chi connectivity index (χ1v) is 8.14. The van der Waals surface area contributed by atoms with Gasteiger partial charge in [0, 0.05) is 23.0 Å². The van der Waals surface area contributed by atoms with Crippen molar-refractivity contribution in [3.8, 4) is 11.6 Å². The fraction of sp³-hybridized carbons (Fsp3) is 0.0588. The molecule has 1 aliphatic heterocycles. The van der Waals surface area contributed by atoms with Crippen molar-refractivity contribution in [2.75, 3.05) is 4.90 Å². The summed E-state index contributed by atoms with van der Waals surface area (Å²) in [5.41, 5.74) is 7.53. The molecule has 0 aliphatic carbocycles. The van der Waals surface area contributed by atoms with Gasteiger partial charge in [-0.2, -0.15) is 0 Å². The fourth-order valence-corrected chi connectivity index (χ4v) is 3.54. The Morgan fingerprint density at radius 1 is 1.12 bits per heavy atom. The summed E-state index contributed by atoms with van der Waals surface area (Å²) in [6.07, 6.45) is 4.69. The van der Waals surface area contributed by atoms with Crippen molar-refractivity contribution in [3.63, 3.8) is 0 Å². The number of anilines is 2. The van der Waals surface area contributed by atoms with Gasteiger partial charge in [-0.15, -0.1) is 0 Å². The number of nitrogens with two attached hydrogens (primary N) is 1. The highest BCUT2D eigenvalue weighted by Gasteiger charge is 2.28. The molecular formula is C17H13FN4OS. The van der Waals surface area contributed by atoms with Crippen LogP contribution in [0, 0.1) is 5.82 Å². The van der Waals surface area contributed by atoms with Crippen LogP contribution < -0.4 is 15.4 Å². The lowest BCUT2D eigenvalue weighted by atomic mass is 10.2. The van der Waals surface area contributed by atoms with Crippen LogP contribution in [0.25, 0.3) is 0 Å². The highest BCUT2D eigenvalue weighted by molar-refractivity contribution is 8.00. The SMILES string of the molecule is NC1Sc2ccc(F)cc2N1c1ccc(Oc2cnccn2)cc1. The molecular weight excluding hydrogens is 327 g/mol. The quantitative estimate of drug-likeness (QED) is 0.780. The summed E-state index contributed by atoms with van der Waals surface area (Å²) in [6, 6.07) is 12.1. The molecule has 2 N–H and O–H groups in total. The van der Waals surface area contributed by atoms with Crippen molar-refractivity contribution in [2.24, 2.45) is 5.73 Å². The Bertz CT molecular complexity index is 860. The first-order valence-electron chi connectivity index (χ1n) is 7.26. The van der Waals surface area contributed by atoms with Gasteiger partial charge in [0.15, 0.2) is 0 Å². The van der Waals surface area contributed by atoms with Crippen molar-refractivity contribution in [3.05, 3.63) is 66.9 Å². The highest BCUT2D eigenvalue weighted by atomic mass is 32.2. The lowest BCUT2D eigenvalue weighted by Gasteiger charge is -2.23. The van der Waals surface area contributed by atoms with E-state index in [0.717, 1.165) is 16.3 Å². The molecule has 120 valence electrons. The Morgan fingerprint density at radius 2 is 1.96 bits per heavy atom. The highest BCUT2D eigenvalue weighted by Crippen LogP contribution is 2.45. The molecule has 0 bridgehead atoms. The summed E-state index contributed by atoms with van der Waals surface area (Å²) in [4.78, 5) is 10.9. The van der Waals surface area contributed by atoms with Crippen LogP contribution in [-0.4, -0.2) is 15.5 Å². The van der Waals surface area contributed by atoms with Gasteiger partial charge in [0.2, 0.25) is 5.88 Å². The molecule has 24 heavy (non-hydrogen) atoms. The van der Waals surface area contributed by atoms with Gasteiger partial charge < -0.3 is 15.4 Å². The van der Waals surface area contributed by atoms with Gasteiger partial charge in [-0.05, 0) is 42.5 Å². The van der Waals surface area contributed by atoms with Crippen LogP contribution in [-0.2, 0) is 0 Å². The summed E-state index contributed by atoms with van der Waals surface area (Å²) in [6.45, 7) is 0. The predicted molar refractivity (Wildman–Crippen MR) is 90.9 cm³/mol. The van der Waals surface area contributed by atoms with Crippen LogP contribution in [0.4, 0.5) is 15.8 Å². The minimum atomic E-state index is -0.298. The predicted octanol–water partition coefficient (Wildman–Crippen LogP) is 3.89. The Labute approximate surface area is 142 Å². The Hall–Kier alpha value is -2.64. The Kier molecular flexibility index (Phi) is 3.79. The van der Waals surface area contributed by atoms with Gasteiger partial charge in [-0.1, -0.05) is 11.8 Å². The molecule has 2 aromatic carbocycles. The van der Waals surface area contributed by atoms with Crippen LogP contribution >= 0.6 is 11.8 Å². The molecule has 0 spiro atoms. The zero-order valence-corrected chi connectivity index (χ0v) is 13.3. The van der Waals surface area contributed by atoms with Gasteiger partial charge in [0.25, 0.3) is 0 Å².